The zero-order valence-electron chi connectivity index (χ0n) is 23.8. The van der Waals surface area contributed by atoms with Gasteiger partial charge in [0.15, 0.2) is 0 Å². The molecule has 0 aromatic heterocycles. The lowest BCUT2D eigenvalue weighted by Gasteiger charge is -2.33. The van der Waals surface area contributed by atoms with E-state index in [0.29, 0.717) is 17.0 Å². The van der Waals surface area contributed by atoms with E-state index in [9.17, 15) is 9.59 Å². The van der Waals surface area contributed by atoms with Gasteiger partial charge in [-0.05, 0) is 60.7 Å². The predicted octanol–water partition coefficient (Wildman–Crippen LogP) is 7.07. The van der Waals surface area contributed by atoms with Crippen molar-refractivity contribution in [2.24, 2.45) is 0 Å². The summed E-state index contributed by atoms with van der Waals surface area (Å²) in [6.07, 6.45) is 3.79. The molecule has 0 spiro atoms. The lowest BCUT2D eigenvalue weighted by Crippen LogP contribution is -2.44. The first-order valence-electron chi connectivity index (χ1n) is 14.5. The van der Waals surface area contributed by atoms with E-state index in [-0.39, 0.29) is 17.9 Å². The van der Waals surface area contributed by atoms with E-state index in [4.69, 9.17) is 0 Å². The molecule has 0 unspecified atom stereocenters. The van der Waals surface area contributed by atoms with Crippen molar-refractivity contribution >= 4 is 35.3 Å². The van der Waals surface area contributed by atoms with Crippen LogP contribution in [0.2, 0.25) is 0 Å². The van der Waals surface area contributed by atoms with Crippen molar-refractivity contribution in [1.29, 1.82) is 0 Å². The van der Waals surface area contributed by atoms with Crippen LogP contribution in [0.3, 0.4) is 0 Å². The highest BCUT2D eigenvalue weighted by molar-refractivity contribution is 8.04. The summed E-state index contributed by atoms with van der Waals surface area (Å²) in [5.74, 6) is -0.140. The second-order valence-electron chi connectivity index (χ2n) is 11.1. The maximum Gasteiger partial charge on any atom is 0.265 e. The van der Waals surface area contributed by atoms with Crippen LogP contribution in [-0.2, 0) is 17.9 Å². The molecule has 0 saturated carbocycles. The topological polar surface area (TPSA) is 52.7 Å². The number of benzene rings is 4. The molecule has 1 N–H and O–H groups in total. The minimum atomic E-state index is -0.0853. The Kier molecular flexibility index (Phi) is 8.54. The summed E-state index contributed by atoms with van der Waals surface area (Å²) in [7, 11) is 0. The Morgan fingerprint density at radius 1 is 0.857 bits per heavy atom. The van der Waals surface area contributed by atoms with Crippen molar-refractivity contribution in [3.05, 3.63) is 136 Å². The molecule has 1 saturated heterocycles. The third-order valence-corrected chi connectivity index (χ3v) is 8.96. The number of rotatable bonds is 7. The molecule has 0 radical (unpaired) electrons. The highest BCUT2D eigenvalue weighted by Crippen LogP contribution is 2.43. The molecule has 2 aliphatic heterocycles. The van der Waals surface area contributed by atoms with Gasteiger partial charge in [-0.2, -0.15) is 0 Å². The lowest BCUT2D eigenvalue weighted by molar-refractivity contribution is -0.114. The second-order valence-corrected chi connectivity index (χ2v) is 12.2. The van der Waals surface area contributed by atoms with Crippen molar-refractivity contribution in [2.75, 3.05) is 18.0 Å². The number of fused-ring (bicyclic) bond motifs is 1. The van der Waals surface area contributed by atoms with Crippen LogP contribution in [-0.4, -0.2) is 35.8 Å². The van der Waals surface area contributed by atoms with Crippen molar-refractivity contribution in [2.45, 2.75) is 43.8 Å². The first kappa shape index (κ1) is 28.0. The number of anilines is 1. The highest BCUT2D eigenvalue weighted by Gasteiger charge is 2.31. The summed E-state index contributed by atoms with van der Waals surface area (Å²) >= 11 is 1.47. The maximum absolute atomic E-state index is 13.9. The molecular weight excluding hydrogens is 538 g/mol. The fourth-order valence-corrected chi connectivity index (χ4v) is 6.69. The van der Waals surface area contributed by atoms with Gasteiger partial charge >= 0.3 is 0 Å². The Hall–Kier alpha value is -4.13. The standard InChI is InChI=1S/C36H35N3O2S/c1-26-9-8-14-29(21-26)25-39-32-23-30(15-16-33(32)42-34(36(39)41)22-27-10-4-2-5-11-27)35(40)37-31-17-19-38(20-18-31)24-28-12-6-3-7-13-28/h2-16,21-23,31H,17-20,24-25H2,1H3,(H,37,40)/b34-22-. The first-order chi connectivity index (χ1) is 20.5. The van der Waals surface area contributed by atoms with Crippen LogP contribution in [0.5, 0.6) is 0 Å². The van der Waals surface area contributed by atoms with Gasteiger partial charge in [0.25, 0.3) is 11.8 Å². The molecule has 6 rings (SSSR count). The van der Waals surface area contributed by atoms with Gasteiger partial charge in [0.1, 0.15) is 0 Å². The van der Waals surface area contributed by atoms with Gasteiger partial charge in [-0.3, -0.25) is 14.5 Å². The SMILES string of the molecule is Cc1cccc(CN2C(=O)/C(=C/c3ccccc3)Sc3ccc(C(=O)NC4CCN(Cc5ccccc5)CC4)cc32)c1. The van der Waals surface area contributed by atoms with E-state index in [1.165, 1.54) is 17.3 Å². The Morgan fingerprint density at radius 2 is 1.57 bits per heavy atom. The molecule has 2 heterocycles. The fourth-order valence-electron chi connectivity index (χ4n) is 5.65. The van der Waals surface area contributed by atoms with Crippen LogP contribution < -0.4 is 10.2 Å². The first-order valence-corrected chi connectivity index (χ1v) is 15.4. The van der Waals surface area contributed by atoms with Gasteiger partial charge in [-0.25, -0.2) is 0 Å². The lowest BCUT2D eigenvalue weighted by atomic mass is 10.0. The molecule has 0 atom stereocenters. The number of carbonyl (C=O) groups is 2. The van der Waals surface area contributed by atoms with Crippen LogP contribution in [0, 0.1) is 6.92 Å². The Balaban J connectivity index is 1.19. The molecule has 6 heteroatoms. The number of piperidine rings is 1. The second kappa shape index (κ2) is 12.8. The normalized spacial score (nSPS) is 16.8. The number of nitrogens with zero attached hydrogens (tertiary/aromatic N) is 2. The van der Waals surface area contributed by atoms with E-state index in [1.54, 1.807) is 0 Å². The van der Waals surface area contributed by atoms with Gasteiger partial charge in [0.2, 0.25) is 0 Å². The number of likely N-dealkylation sites (tertiary alicyclic amines) is 1. The van der Waals surface area contributed by atoms with Crippen LogP contribution in [0.4, 0.5) is 5.69 Å². The highest BCUT2D eigenvalue weighted by atomic mass is 32.2. The number of thioether (sulfide) groups is 1. The summed E-state index contributed by atoms with van der Waals surface area (Å²) in [6.45, 7) is 5.34. The zero-order chi connectivity index (χ0) is 28.9. The van der Waals surface area contributed by atoms with Gasteiger partial charge in [-0.15, -0.1) is 0 Å². The van der Waals surface area contributed by atoms with Crippen molar-refractivity contribution in [3.8, 4) is 0 Å². The Bertz CT molecular complexity index is 1590. The van der Waals surface area contributed by atoms with Crippen molar-refractivity contribution in [3.63, 3.8) is 0 Å². The van der Waals surface area contributed by atoms with E-state index in [1.807, 2.05) is 77.7 Å². The largest absolute Gasteiger partial charge is 0.349 e. The van der Waals surface area contributed by atoms with E-state index >= 15 is 0 Å². The summed E-state index contributed by atoms with van der Waals surface area (Å²) < 4.78 is 0. The van der Waals surface area contributed by atoms with Gasteiger partial charge in [0, 0.05) is 36.1 Å². The van der Waals surface area contributed by atoms with E-state index in [2.05, 4.69) is 53.5 Å². The molecule has 4 aromatic carbocycles. The number of hydrogen-bond acceptors (Lipinski definition) is 4. The van der Waals surface area contributed by atoms with E-state index in [0.717, 1.165) is 59.7 Å². The zero-order valence-corrected chi connectivity index (χ0v) is 24.6. The van der Waals surface area contributed by atoms with Gasteiger partial charge < -0.3 is 10.2 Å². The molecule has 212 valence electrons. The van der Waals surface area contributed by atoms with Gasteiger partial charge in [-0.1, -0.05) is 102 Å². The number of aryl methyl sites for hydroxylation is 1. The predicted molar refractivity (Wildman–Crippen MR) is 171 cm³/mol. The minimum Gasteiger partial charge on any atom is -0.349 e. The monoisotopic (exact) mass is 573 g/mol. The summed E-state index contributed by atoms with van der Waals surface area (Å²) in [4.78, 5) is 33.2. The molecule has 1 fully saturated rings. The van der Waals surface area contributed by atoms with Gasteiger partial charge in [0.05, 0.1) is 17.1 Å². The number of amides is 2. The average Bonchev–Trinajstić information content (AvgIpc) is 3.01. The molecule has 5 nitrogen and oxygen atoms in total. The summed E-state index contributed by atoms with van der Waals surface area (Å²) in [5, 5.41) is 3.26. The maximum atomic E-state index is 13.9. The number of hydrogen-bond donors (Lipinski definition) is 1. The van der Waals surface area contributed by atoms with Crippen LogP contribution in [0.1, 0.15) is 45.5 Å². The third kappa shape index (κ3) is 6.67. The summed E-state index contributed by atoms with van der Waals surface area (Å²) in [6, 6.07) is 34.6. The third-order valence-electron chi connectivity index (χ3n) is 7.88. The van der Waals surface area contributed by atoms with Crippen LogP contribution >= 0.6 is 11.8 Å². The Labute approximate surface area is 252 Å². The number of nitrogens with one attached hydrogen (secondary N) is 1. The van der Waals surface area contributed by atoms with Crippen molar-refractivity contribution < 1.29 is 9.59 Å². The van der Waals surface area contributed by atoms with Crippen LogP contribution in [0.25, 0.3) is 6.08 Å². The smallest absolute Gasteiger partial charge is 0.265 e. The van der Waals surface area contributed by atoms with Crippen molar-refractivity contribution in [1.82, 2.24) is 10.2 Å². The van der Waals surface area contributed by atoms with Crippen LogP contribution in [0.15, 0.2) is 113 Å². The fraction of sp³-hybridized carbons (Fsp3) is 0.222. The Morgan fingerprint density at radius 3 is 2.31 bits per heavy atom. The molecule has 2 amide bonds. The molecule has 0 bridgehead atoms. The molecular formula is C36H35N3O2S. The molecule has 2 aliphatic rings. The average molecular weight is 574 g/mol. The minimum absolute atomic E-state index is 0.0544. The molecule has 0 aliphatic carbocycles. The molecule has 42 heavy (non-hydrogen) atoms. The number of carbonyl (C=O) groups excluding carboxylic acids is 2. The summed E-state index contributed by atoms with van der Waals surface area (Å²) in [5.41, 5.74) is 5.86. The van der Waals surface area contributed by atoms with E-state index < -0.39 is 0 Å². The quantitative estimate of drug-likeness (QED) is 0.240. The molecule has 4 aromatic rings.